The second-order valence-electron chi connectivity index (χ2n) is 5.07. The molecule has 4 heteroatoms. The number of amides is 1. The van der Waals surface area contributed by atoms with Gasteiger partial charge in [-0.3, -0.25) is 4.79 Å². The molecular weight excluding hydrogens is 405 g/mol. The van der Waals surface area contributed by atoms with E-state index in [1.807, 2.05) is 18.2 Å². The smallest absolute Gasteiger partial charge is 0.227 e. The number of anilines is 1. The zero-order valence-electron chi connectivity index (χ0n) is 10.4. The first-order chi connectivity index (χ1) is 8.56. The molecule has 98 valence electrons. The van der Waals surface area contributed by atoms with Crippen molar-refractivity contribution in [1.29, 1.82) is 0 Å². The maximum atomic E-state index is 12.2. The number of benzene rings is 1. The maximum absolute atomic E-state index is 12.2. The minimum absolute atomic E-state index is 0.179. The standard InChI is InChI=1S/C14H17BrINO/c1-9-2-4-10(5-3-9)14(18)17-13-8-11(15)6-7-12(13)16/h6-10H,2-5H2,1H3,(H,17,18). The SMILES string of the molecule is CC1CCC(C(=O)Nc2cc(Br)ccc2I)CC1. The largest absolute Gasteiger partial charge is 0.325 e. The molecule has 1 aliphatic carbocycles. The van der Waals surface area contributed by atoms with Crippen LogP contribution >= 0.6 is 38.5 Å². The number of halogens is 2. The van der Waals surface area contributed by atoms with Gasteiger partial charge in [-0.15, -0.1) is 0 Å². The van der Waals surface area contributed by atoms with Gasteiger partial charge in [0.25, 0.3) is 0 Å². The highest BCUT2D eigenvalue weighted by molar-refractivity contribution is 14.1. The van der Waals surface area contributed by atoms with E-state index < -0.39 is 0 Å². The minimum Gasteiger partial charge on any atom is -0.325 e. The van der Waals surface area contributed by atoms with Crippen LogP contribution in [-0.4, -0.2) is 5.91 Å². The zero-order chi connectivity index (χ0) is 13.1. The van der Waals surface area contributed by atoms with E-state index in [2.05, 4.69) is 50.8 Å². The summed E-state index contributed by atoms with van der Waals surface area (Å²) in [6.45, 7) is 2.27. The van der Waals surface area contributed by atoms with Crippen molar-refractivity contribution in [3.8, 4) is 0 Å². The third kappa shape index (κ3) is 3.70. The van der Waals surface area contributed by atoms with Crippen LogP contribution in [0.25, 0.3) is 0 Å². The normalized spacial score (nSPS) is 23.7. The van der Waals surface area contributed by atoms with E-state index in [-0.39, 0.29) is 11.8 Å². The number of rotatable bonds is 2. The number of carbonyl (C=O) groups excluding carboxylic acids is 1. The van der Waals surface area contributed by atoms with Gasteiger partial charge in [0.2, 0.25) is 5.91 Å². The Morgan fingerprint density at radius 1 is 1.33 bits per heavy atom. The van der Waals surface area contributed by atoms with Crippen LogP contribution in [0.1, 0.15) is 32.6 Å². The molecule has 0 aromatic heterocycles. The molecule has 1 aromatic carbocycles. The van der Waals surface area contributed by atoms with Gasteiger partial charge in [-0.05, 0) is 72.4 Å². The molecule has 0 heterocycles. The van der Waals surface area contributed by atoms with Crippen molar-refractivity contribution in [2.24, 2.45) is 11.8 Å². The molecular formula is C14H17BrINO. The molecule has 2 rings (SSSR count). The van der Waals surface area contributed by atoms with Crippen LogP contribution in [0.2, 0.25) is 0 Å². The summed E-state index contributed by atoms with van der Waals surface area (Å²) in [6.07, 6.45) is 4.40. The second kappa shape index (κ2) is 6.37. The topological polar surface area (TPSA) is 29.1 Å². The van der Waals surface area contributed by atoms with E-state index in [4.69, 9.17) is 0 Å². The molecule has 1 aromatic rings. The van der Waals surface area contributed by atoms with Crippen LogP contribution in [0.15, 0.2) is 22.7 Å². The monoisotopic (exact) mass is 421 g/mol. The van der Waals surface area contributed by atoms with Gasteiger partial charge in [-0.25, -0.2) is 0 Å². The Morgan fingerprint density at radius 2 is 2.00 bits per heavy atom. The summed E-state index contributed by atoms with van der Waals surface area (Å²) in [7, 11) is 0. The predicted molar refractivity (Wildman–Crippen MR) is 86.6 cm³/mol. The summed E-state index contributed by atoms with van der Waals surface area (Å²) >= 11 is 5.68. The lowest BCUT2D eigenvalue weighted by atomic mass is 9.82. The van der Waals surface area contributed by atoms with E-state index in [9.17, 15) is 4.79 Å². The average molecular weight is 422 g/mol. The Labute approximate surface area is 130 Å². The molecule has 0 spiro atoms. The lowest BCUT2D eigenvalue weighted by Gasteiger charge is -2.25. The first kappa shape index (κ1) is 14.3. The lowest BCUT2D eigenvalue weighted by molar-refractivity contribution is -0.121. The van der Waals surface area contributed by atoms with Crippen LogP contribution in [0.4, 0.5) is 5.69 Å². The van der Waals surface area contributed by atoms with Crippen LogP contribution in [-0.2, 0) is 4.79 Å². The highest BCUT2D eigenvalue weighted by Gasteiger charge is 2.24. The van der Waals surface area contributed by atoms with Gasteiger partial charge in [0, 0.05) is 14.0 Å². The third-order valence-electron chi connectivity index (χ3n) is 3.57. The summed E-state index contributed by atoms with van der Waals surface area (Å²) in [5.41, 5.74) is 0.911. The average Bonchev–Trinajstić information content (AvgIpc) is 2.34. The van der Waals surface area contributed by atoms with Crippen molar-refractivity contribution >= 4 is 50.1 Å². The van der Waals surface area contributed by atoms with Gasteiger partial charge >= 0.3 is 0 Å². The lowest BCUT2D eigenvalue weighted by Crippen LogP contribution is -2.26. The first-order valence-electron chi connectivity index (χ1n) is 6.32. The molecule has 1 fully saturated rings. The molecule has 1 amide bonds. The van der Waals surface area contributed by atoms with Crippen LogP contribution in [0, 0.1) is 15.4 Å². The van der Waals surface area contributed by atoms with E-state index in [1.165, 1.54) is 12.8 Å². The van der Waals surface area contributed by atoms with E-state index in [0.29, 0.717) is 0 Å². The van der Waals surface area contributed by atoms with Crippen molar-refractivity contribution in [2.75, 3.05) is 5.32 Å². The summed E-state index contributed by atoms with van der Waals surface area (Å²) in [6, 6.07) is 5.95. The fraction of sp³-hybridized carbons (Fsp3) is 0.500. The Balaban J connectivity index is 2.00. The van der Waals surface area contributed by atoms with Crippen LogP contribution in [0.5, 0.6) is 0 Å². The summed E-state index contributed by atoms with van der Waals surface area (Å²) in [5.74, 6) is 1.15. The molecule has 1 saturated carbocycles. The van der Waals surface area contributed by atoms with Gasteiger partial charge in [-0.2, -0.15) is 0 Å². The van der Waals surface area contributed by atoms with E-state index in [0.717, 1.165) is 32.5 Å². The molecule has 1 aliphatic rings. The third-order valence-corrected chi connectivity index (χ3v) is 5.01. The van der Waals surface area contributed by atoms with Crippen molar-refractivity contribution in [2.45, 2.75) is 32.6 Å². The van der Waals surface area contributed by atoms with Gasteiger partial charge in [-0.1, -0.05) is 22.9 Å². The van der Waals surface area contributed by atoms with Gasteiger partial charge in [0.1, 0.15) is 0 Å². The number of nitrogens with one attached hydrogen (secondary N) is 1. The zero-order valence-corrected chi connectivity index (χ0v) is 14.1. The summed E-state index contributed by atoms with van der Waals surface area (Å²) in [5, 5.41) is 3.06. The van der Waals surface area contributed by atoms with Gasteiger partial charge in [0.05, 0.1) is 5.69 Å². The van der Waals surface area contributed by atoms with Gasteiger partial charge < -0.3 is 5.32 Å². The summed E-state index contributed by atoms with van der Waals surface area (Å²) in [4.78, 5) is 12.2. The molecule has 0 bridgehead atoms. The van der Waals surface area contributed by atoms with Gasteiger partial charge in [0.15, 0.2) is 0 Å². The van der Waals surface area contributed by atoms with E-state index >= 15 is 0 Å². The fourth-order valence-corrected chi connectivity index (χ4v) is 3.18. The van der Waals surface area contributed by atoms with E-state index in [1.54, 1.807) is 0 Å². The number of carbonyl (C=O) groups is 1. The van der Waals surface area contributed by atoms with Crippen molar-refractivity contribution in [3.05, 3.63) is 26.2 Å². The number of hydrogen-bond donors (Lipinski definition) is 1. The molecule has 0 saturated heterocycles. The quantitative estimate of drug-likeness (QED) is 0.681. The fourth-order valence-electron chi connectivity index (χ4n) is 2.35. The summed E-state index contributed by atoms with van der Waals surface area (Å²) < 4.78 is 2.07. The van der Waals surface area contributed by atoms with Crippen molar-refractivity contribution in [3.63, 3.8) is 0 Å². The first-order valence-corrected chi connectivity index (χ1v) is 8.19. The maximum Gasteiger partial charge on any atom is 0.227 e. The van der Waals surface area contributed by atoms with Crippen molar-refractivity contribution in [1.82, 2.24) is 0 Å². The number of hydrogen-bond acceptors (Lipinski definition) is 1. The molecule has 0 atom stereocenters. The Hall–Kier alpha value is -0.100. The van der Waals surface area contributed by atoms with Crippen LogP contribution < -0.4 is 5.32 Å². The molecule has 0 unspecified atom stereocenters. The predicted octanol–water partition coefficient (Wildman–Crippen LogP) is 4.82. The highest BCUT2D eigenvalue weighted by Crippen LogP contribution is 2.30. The molecule has 1 N–H and O–H groups in total. The molecule has 0 radical (unpaired) electrons. The Kier molecular flexibility index (Phi) is 5.06. The van der Waals surface area contributed by atoms with Crippen molar-refractivity contribution < 1.29 is 4.79 Å². The molecule has 18 heavy (non-hydrogen) atoms. The second-order valence-corrected chi connectivity index (χ2v) is 7.15. The molecule has 0 aliphatic heterocycles. The highest BCUT2D eigenvalue weighted by atomic mass is 127. The molecule has 2 nitrogen and oxygen atoms in total. The Morgan fingerprint density at radius 3 is 2.67 bits per heavy atom. The Bertz CT molecular complexity index is 441. The minimum atomic E-state index is 0.179. The van der Waals surface area contributed by atoms with Crippen LogP contribution in [0.3, 0.4) is 0 Å².